The van der Waals surface area contributed by atoms with Gasteiger partial charge in [0.25, 0.3) is 0 Å². The lowest BCUT2D eigenvalue weighted by Crippen LogP contribution is -2.09. The van der Waals surface area contributed by atoms with Crippen LogP contribution >= 0.6 is 0 Å². The van der Waals surface area contributed by atoms with Gasteiger partial charge in [-0.05, 0) is 32.9 Å². The molecule has 0 atom stereocenters. The zero-order valence-electron chi connectivity index (χ0n) is 8.80. The summed E-state index contributed by atoms with van der Waals surface area (Å²) in [6.07, 6.45) is 0. The van der Waals surface area contributed by atoms with E-state index in [4.69, 9.17) is 4.74 Å². The molecule has 0 bridgehead atoms. The van der Waals surface area contributed by atoms with Crippen LogP contribution in [0, 0.1) is 5.82 Å². The van der Waals surface area contributed by atoms with Crippen molar-refractivity contribution < 1.29 is 9.13 Å². The second kappa shape index (κ2) is 4.84. The Hall–Kier alpha value is -1.25. The van der Waals surface area contributed by atoms with Gasteiger partial charge in [0.1, 0.15) is 0 Å². The Labute approximate surface area is 84.1 Å². The zero-order chi connectivity index (χ0) is 10.6. The van der Waals surface area contributed by atoms with E-state index in [9.17, 15) is 4.39 Å². The molecular weight excluding hydrogens is 181 g/mol. The van der Waals surface area contributed by atoms with Gasteiger partial charge in [-0.25, -0.2) is 4.39 Å². The van der Waals surface area contributed by atoms with Crippen molar-refractivity contribution >= 4 is 5.69 Å². The molecule has 0 heterocycles. The maximum absolute atomic E-state index is 13.3. The molecule has 1 aromatic carbocycles. The molecule has 0 aliphatic carbocycles. The fourth-order valence-electron chi connectivity index (χ4n) is 1.20. The van der Waals surface area contributed by atoms with Crippen LogP contribution in [-0.4, -0.2) is 12.6 Å². The summed E-state index contributed by atoms with van der Waals surface area (Å²) >= 11 is 0. The molecule has 0 aromatic heterocycles. The van der Waals surface area contributed by atoms with Gasteiger partial charge >= 0.3 is 0 Å². The maximum atomic E-state index is 13.3. The Balaban J connectivity index is 2.78. The molecule has 0 aliphatic rings. The first-order chi connectivity index (χ1) is 6.63. The number of nitrogens with one attached hydrogen (secondary N) is 1. The third kappa shape index (κ3) is 2.91. The predicted octanol–water partition coefficient (Wildman–Crippen LogP) is 3.04. The Bertz CT molecular complexity index is 299. The molecule has 0 saturated carbocycles. The van der Waals surface area contributed by atoms with Gasteiger partial charge in [0.05, 0.1) is 6.61 Å². The lowest BCUT2D eigenvalue weighted by Gasteiger charge is -2.11. The highest BCUT2D eigenvalue weighted by Crippen LogP contribution is 2.21. The van der Waals surface area contributed by atoms with Crippen LogP contribution < -0.4 is 10.1 Å². The molecule has 1 rings (SSSR count). The number of hydrogen-bond acceptors (Lipinski definition) is 2. The van der Waals surface area contributed by atoms with Crippen LogP contribution in [0.1, 0.15) is 20.8 Å². The van der Waals surface area contributed by atoms with E-state index in [1.165, 1.54) is 6.07 Å². The molecule has 0 spiro atoms. The molecule has 1 N–H and O–H groups in total. The molecule has 0 amide bonds. The monoisotopic (exact) mass is 197 g/mol. The number of ether oxygens (including phenoxy) is 1. The van der Waals surface area contributed by atoms with E-state index >= 15 is 0 Å². The number of benzene rings is 1. The van der Waals surface area contributed by atoms with Crippen molar-refractivity contribution in [1.29, 1.82) is 0 Å². The van der Waals surface area contributed by atoms with E-state index in [0.29, 0.717) is 18.4 Å². The molecule has 3 heteroatoms. The highest BCUT2D eigenvalue weighted by molar-refractivity contribution is 5.47. The van der Waals surface area contributed by atoms with Gasteiger partial charge in [-0.15, -0.1) is 0 Å². The molecule has 2 nitrogen and oxygen atoms in total. The summed E-state index contributed by atoms with van der Waals surface area (Å²) in [5.41, 5.74) is 0.779. The molecule has 14 heavy (non-hydrogen) atoms. The van der Waals surface area contributed by atoms with Crippen LogP contribution in [-0.2, 0) is 0 Å². The molecule has 0 unspecified atom stereocenters. The Morgan fingerprint density at radius 1 is 1.43 bits per heavy atom. The van der Waals surface area contributed by atoms with Crippen molar-refractivity contribution in [2.45, 2.75) is 26.8 Å². The zero-order valence-corrected chi connectivity index (χ0v) is 8.80. The lowest BCUT2D eigenvalue weighted by molar-refractivity contribution is 0.321. The van der Waals surface area contributed by atoms with Gasteiger partial charge in [-0.3, -0.25) is 0 Å². The minimum atomic E-state index is -0.322. The third-order valence-corrected chi connectivity index (χ3v) is 1.69. The number of hydrogen-bond donors (Lipinski definition) is 1. The van der Waals surface area contributed by atoms with Gasteiger partial charge in [0, 0.05) is 17.8 Å². The van der Waals surface area contributed by atoms with Crippen molar-refractivity contribution in [1.82, 2.24) is 0 Å². The van der Waals surface area contributed by atoms with Crippen LogP contribution in [0.5, 0.6) is 5.75 Å². The summed E-state index contributed by atoms with van der Waals surface area (Å²) in [5, 5.41) is 3.12. The highest BCUT2D eigenvalue weighted by atomic mass is 19.1. The fraction of sp³-hybridized carbons (Fsp3) is 0.455. The van der Waals surface area contributed by atoms with Crippen molar-refractivity contribution in [2.75, 3.05) is 11.9 Å². The van der Waals surface area contributed by atoms with Crippen LogP contribution in [0.4, 0.5) is 10.1 Å². The van der Waals surface area contributed by atoms with Crippen LogP contribution in [0.15, 0.2) is 18.2 Å². The second-order valence-electron chi connectivity index (χ2n) is 3.38. The first-order valence-corrected chi connectivity index (χ1v) is 4.82. The predicted molar refractivity (Wildman–Crippen MR) is 56.3 cm³/mol. The topological polar surface area (TPSA) is 21.3 Å². The van der Waals surface area contributed by atoms with Crippen LogP contribution in [0.3, 0.4) is 0 Å². The van der Waals surface area contributed by atoms with E-state index < -0.39 is 0 Å². The first-order valence-electron chi connectivity index (χ1n) is 4.82. The molecule has 1 aromatic rings. The standard InChI is InChI=1S/C11H16FNO/c1-4-14-11-6-5-9(7-10(11)12)13-8(2)3/h5-8,13H,4H2,1-3H3. The van der Waals surface area contributed by atoms with E-state index in [0.717, 1.165) is 5.69 Å². The minimum absolute atomic E-state index is 0.298. The highest BCUT2D eigenvalue weighted by Gasteiger charge is 2.04. The number of halogens is 1. The van der Waals surface area contributed by atoms with Crippen molar-refractivity contribution in [2.24, 2.45) is 0 Å². The smallest absolute Gasteiger partial charge is 0.167 e. The first kappa shape index (κ1) is 10.8. The molecule has 0 radical (unpaired) electrons. The molecule has 0 fully saturated rings. The average molecular weight is 197 g/mol. The minimum Gasteiger partial charge on any atom is -0.491 e. The number of anilines is 1. The van der Waals surface area contributed by atoms with Gasteiger partial charge in [-0.2, -0.15) is 0 Å². The summed E-state index contributed by atoms with van der Waals surface area (Å²) in [6.45, 7) is 6.33. The summed E-state index contributed by atoms with van der Waals surface area (Å²) in [5.74, 6) is -0.0145. The molecule has 0 aliphatic heterocycles. The Morgan fingerprint density at radius 2 is 2.14 bits per heavy atom. The average Bonchev–Trinajstić information content (AvgIpc) is 2.09. The fourth-order valence-corrected chi connectivity index (χ4v) is 1.20. The van der Waals surface area contributed by atoms with Crippen LogP contribution in [0.25, 0.3) is 0 Å². The summed E-state index contributed by atoms with van der Waals surface area (Å²) in [4.78, 5) is 0. The molecule has 0 saturated heterocycles. The van der Waals surface area contributed by atoms with Crippen LogP contribution in [0.2, 0.25) is 0 Å². The Morgan fingerprint density at radius 3 is 2.64 bits per heavy atom. The van der Waals surface area contributed by atoms with E-state index in [1.54, 1.807) is 6.07 Å². The Kier molecular flexibility index (Phi) is 3.74. The molecule has 78 valence electrons. The third-order valence-electron chi connectivity index (χ3n) is 1.69. The van der Waals surface area contributed by atoms with Crippen molar-refractivity contribution in [3.05, 3.63) is 24.0 Å². The largest absolute Gasteiger partial charge is 0.491 e. The van der Waals surface area contributed by atoms with Gasteiger partial charge in [0.15, 0.2) is 11.6 Å². The number of rotatable bonds is 4. The van der Waals surface area contributed by atoms with Gasteiger partial charge in [0.2, 0.25) is 0 Å². The van der Waals surface area contributed by atoms with Crippen molar-refractivity contribution in [3.8, 4) is 5.75 Å². The summed E-state index contributed by atoms with van der Waals surface area (Å²) in [7, 11) is 0. The van der Waals surface area contributed by atoms with E-state index in [-0.39, 0.29) is 5.82 Å². The second-order valence-corrected chi connectivity index (χ2v) is 3.38. The van der Waals surface area contributed by atoms with Gasteiger partial charge < -0.3 is 10.1 Å². The normalized spacial score (nSPS) is 10.4. The van der Waals surface area contributed by atoms with Gasteiger partial charge in [-0.1, -0.05) is 0 Å². The van der Waals surface area contributed by atoms with E-state index in [2.05, 4.69) is 5.32 Å². The molecular formula is C11H16FNO. The van der Waals surface area contributed by atoms with Crippen molar-refractivity contribution in [3.63, 3.8) is 0 Å². The SMILES string of the molecule is CCOc1ccc(NC(C)C)cc1F. The summed E-state index contributed by atoms with van der Waals surface area (Å²) < 4.78 is 18.4. The lowest BCUT2D eigenvalue weighted by atomic mass is 10.2. The quantitative estimate of drug-likeness (QED) is 0.801. The summed E-state index contributed by atoms with van der Waals surface area (Å²) in [6, 6.07) is 5.20. The van der Waals surface area contributed by atoms with E-state index in [1.807, 2.05) is 26.8 Å². The maximum Gasteiger partial charge on any atom is 0.167 e.